The van der Waals surface area contributed by atoms with Gasteiger partial charge < -0.3 is 9.15 Å². The molecule has 0 aliphatic carbocycles. The first-order valence-corrected chi connectivity index (χ1v) is 5.79. The molecular weight excluding hydrogens is 221 g/mol. The molecule has 0 saturated carbocycles. The number of morpholine rings is 1. The molecule has 4 heteroatoms. The van der Waals surface area contributed by atoms with Crippen LogP contribution >= 0.6 is 0 Å². The maximum absolute atomic E-state index is 13.5. The molecular formula is C13H14FNO2. The Kier molecular flexibility index (Phi) is 2.82. The standard InChI is InChI=1S/C13H14FNO2/c14-12-3-1-2-11-10(9-17-13(11)12)8-15-4-6-16-7-5-15/h1-3,9H,4-8H2. The van der Waals surface area contributed by atoms with Gasteiger partial charge in [-0.15, -0.1) is 0 Å². The number of hydrogen-bond donors (Lipinski definition) is 0. The van der Waals surface area contributed by atoms with Gasteiger partial charge in [-0.3, -0.25) is 4.90 Å². The van der Waals surface area contributed by atoms with Gasteiger partial charge in [-0.1, -0.05) is 12.1 Å². The van der Waals surface area contributed by atoms with Gasteiger partial charge in [-0.25, -0.2) is 4.39 Å². The van der Waals surface area contributed by atoms with E-state index in [1.54, 1.807) is 12.3 Å². The Labute approximate surface area is 98.8 Å². The summed E-state index contributed by atoms with van der Waals surface area (Å²) in [5.41, 5.74) is 1.40. The lowest BCUT2D eigenvalue weighted by Gasteiger charge is -2.26. The van der Waals surface area contributed by atoms with Gasteiger partial charge in [0.1, 0.15) is 0 Å². The third-order valence-electron chi connectivity index (χ3n) is 3.13. The Morgan fingerprint density at radius 1 is 1.24 bits per heavy atom. The fraction of sp³-hybridized carbons (Fsp3) is 0.385. The summed E-state index contributed by atoms with van der Waals surface area (Å²) in [6.07, 6.45) is 1.66. The molecule has 3 rings (SSSR count). The fourth-order valence-corrected chi connectivity index (χ4v) is 2.20. The highest BCUT2D eigenvalue weighted by Crippen LogP contribution is 2.24. The number of furan rings is 1. The Morgan fingerprint density at radius 3 is 2.88 bits per heavy atom. The lowest BCUT2D eigenvalue weighted by atomic mass is 10.1. The molecule has 1 aromatic heterocycles. The van der Waals surface area contributed by atoms with Crippen LogP contribution < -0.4 is 0 Å². The zero-order valence-corrected chi connectivity index (χ0v) is 9.49. The highest BCUT2D eigenvalue weighted by atomic mass is 19.1. The largest absolute Gasteiger partial charge is 0.461 e. The van der Waals surface area contributed by atoms with Crippen molar-refractivity contribution in [1.82, 2.24) is 4.90 Å². The predicted molar refractivity (Wildman–Crippen MR) is 62.3 cm³/mol. The van der Waals surface area contributed by atoms with Gasteiger partial charge in [-0.05, 0) is 6.07 Å². The van der Waals surface area contributed by atoms with Gasteiger partial charge in [0.2, 0.25) is 0 Å². The molecule has 0 spiro atoms. The molecule has 1 saturated heterocycles. The molecule has 0 atom stereocenters. The normalized spacial score (nSPS) is 17.7. The maximum Gasteiger partial charge on any atom is 0.169 e. The Bertz CT molecular complexity index is 517. The van der Waals surface area contributed by atoms with E-state index in [9.17, 15) is 4.39 Å². The van der Waals surface area contributed by atoms with E-state index < -0.39 is 0 Å². The van der Waals surface area contributed by atoms with Crippen molar-refractivity contribution in [1.29, 1.82) is 0 Å². The molecule has 1 aromatic carbocycles. The average Bonchev–Trinajstić information content (AvgIpc) is 2.76. The molecule has 0 N–H and O–H groups in total. The zero-order chi connectivity index (χ0) is 11.7. The molecule has 0 amide bonds. The smallest absolute Gasteiger partial charge is 0.169 e. The van der Waals surface area contributed by atoms with Crippen LogP contribution in [0.1, 0.15) is 5.56 Å². The van der Waals surface area contributed by atoms with Crippen molar-refractivity contribution >= 4 is 11.0 Å². The first kappa shape index (κ1) is 10.7. The van der Waals surface area contributed by atoms with Crippen molar-refractivity contribution in [3.8, 4) is 0 Å². The number of ether oxygens (including phenoxy) is 1. The fourth-order valence-electron chi connectivity index (χ4n) is 2.20. The molecule has 0 radical (unpaired) electrons. The quantitative estimate of drug-likeness (QED) is 0.799. The van der Waals surface area contributed by atoms with E-state index in [0.29, 0.717) is 5.58 Å². The van der Waals surface area contributed by atoms with Crippen LogP contribution in [0, 0.1) is 5.82 Å². The molecule has 3 nitrogen and oxygen atoms in total. The molecule has 2 heterocycles. The Hall–Kier alpha value is -1.39. The summed E-state index contributed by atoms with van der Waals surface area (Å²) in [7, 11) is 0. The molecule has 1 aliphatic heterocycles. The van der Waals surface area contributed by atoms with Crippen LogP contribution in [0.25, 0.3) is 11.0 Å². The van der Waals surface area contributed by atoms with Gasteiger partial charge in [0, 0.05) is 30.6 Å². The second kappa shape index (κ2) is 4.47. The summed E-state index contributed by atoms with van der Waals surface area (Å²) in [4.78, 5) is 2.29. The average molecular weight is 235 g/mol. The minimum absolute atomic E-state index is 0.296. The highest BCUT2D eigenvalue weighted by molar-refractivity contribution is 5.81. The highest BCUT2D eigenvalue weighted by Gasteiger charge is 2.15. The van der Waals surface area contributed by atoms with E-state index >= 15 is 0 Å². The van der Waals surface area contributed by atoms with Gasteiger partial charge in [-0.2, -0.15) is 0 Å². The molecule has 1 fully saturated rings. The van der Waals surface area contributed by atoms with Gasteiger partial charge in [0.05, 0.1) is 19.5 Å². The van der Waals surface area contributed by atoms with Crippen LogP contribution in [0.2, 0.25) is 0 Å². The summed E-state index contributed by atoms with van der Waals surface area (Å²) in [5, 5.41) is 0.872. The third-order valence-corrected chi connectivity index (χ3v) is 3.13. The van der Waals surface area contributed by atoms with E-state index in [1.807, 2.05) is 6.07 Å². The first-order chi connectivity index (χ1) is 8.34. The van der Waals surface area contributed by atoms with Crippen molar-refractivity contribution in [2.75, 3.05) is 26.3 Å². The maximum atomic E-state index is 13.5. The lowest BCUT2D eigenvalue weighted by molar-refractivity contribution is 0.0342. The van der Waals surface area contributed by atoms with Gasteiger partial charge in [0.15, 0.2) is 11.4 Å². The van der Waals surface area contributed by atoms with Crippen molar-refractivity contribution in [3.05, 3.63) is 35.8 Å². The predicted octanol–water partition coefficient (Wildman–Crippen LogP) is 2.40. The number of rotatable bonds is 2. The van der Waals surface area contributed by atoms with Crippen LogP contribution in [0.15, 0.2) is 28.9 Å². The second-order valence-electron chi connectivity index (χ2n) is 4.27. The summed E-state index contributed by atoms with van der Waals surface area (Å²) in [5.74, 6) is -0.296. The number of para-hydroxylation sites is 1. The molecule has 90 valence electrons. The second-order valence-corrected chi connectivity index (χ2v) is 4.27. The molecule has 0 unspecified atom stereocenters. The van der Waals surface area contributed by atoms with Crippen molar-refractivity contribution < 1.29 is 13.5 Å². The Morgan fingerprint density at radius 2 is 2.06 bits per heavy atom. The van der Waals surface area contributed by atoms with Crippen molar-refractivity contribution in [2.24, 2.45) is 0 Å². The van der Waals surface area contributed by atoms with E-state index in [4.69, 9.17) is 9.15 Å². The van der Waals surface area contributed by atoms with E-state index in [0.717, 1.165) is 43.8 Å². The van der Waals surface area contributed by atoms with Crippen molar-refractivity contribution in [2.45, 2.75) is 6.54 Å². The van der Waals surface area contributed by atoms with Gasteiger partial charge in [0.25, 0.3) is 0 Å². The van der Waals surface area contributed by atoms with Gasteiger partial charge >= 0.3 is 0 Å². The summed E-state index contributed by atoms with van der Waals surface area (Å²) < 4.78 is 24.0. The SMILES string of the molecule is Fc1cccc2c(CN3CCOCC3)coc12. The molecule has 2 aromatic rings. The van der Waals surface area contributed by atoms with Crippen LogP contribution in [0.4, 0.5) is 4.39 Å². The minimum atomic E-state index is -0.296. The molecule has 1 aliphatic rings. The van der Waals surface area contributed by atoms with E-state index in [1.165, 1.54) is 6.07 Å². The summed E-state index contributed by atoms with van der Waals surface area (Å²) >= 11 is 0. The zero-order valence-electron chi connectivity index (χ0n) is 9.49. The number of nitrogens with zero attached hydrogens (tertiary/aromatic N) is 1. The molecule has 0 bridgehead atoms. The Balaban J connectivity index is 1.87. The summed E-state index contributed by atoms with van der Waals surface area (Å²) in [6, 6.07) is 5.04. The molecule has 17 heavy (non-hydrogen) atoms. The number of fused-ring (bicyclic) bond motifs is 1. The number of benzene rings is 1. The topological polar surface area (TPSA) is 25.6 Å². The van der Waals surface area contributed by atoms with Crippen LogP contribution in [-0.4, -0.2) is 31.2 Å². The third kappa shape index (κ3) is 2.06. The van der Waals surface area contributed by atoms with E-state index in [2.05, 4.69) is 4.90 Å². The lowest BCUT2D eigenvalue weighted by Crippen LogP contribution is -2.35. The first-order valence-electron chi connectivity index (χ1n) is 5.79. The van der Waals surface area contributed by atoms with Crippen LogP contribution in [0.3, 0.4) is 0 Å². The number of halogens is 1. The monoisotopic (exact) mass is 235 g/mol. The number of hydrogen-bond acceptors (Lipinski definition) is 3. The summed E-state index contributed by atoms with van der Waals surface area (Å²) in [6.45, 7) is 4.16. The van der Waals surface area contributed by atoms with Crippen molar-refractivity contribution in [3.63, 3.8) is 0 Å². The van der Waals surface area contributed by atoms with Crippen LogP contribution in [-0.2, 0) is 11.3 Å². The van der Waals surface area contributed by atoms with Crippen LogP contribution in [0.5, 0.6) is 0 Å². The minimum Gasteiger partial charge on any atom is -0.461 e. The van der Waals surface area contributed by atoms with E-state index in [-0.39, 0.29) is 5.82 Å².